The van der Waals surface area contributed by atoms with Gasteiger partial charge >= 0.3 is 0 Å². The first-order valence-corrected chi connectivity index (χ1v) is 7.95. The van der Waals surface area contributed by atoms with Gasteiger partial charge in [-0.05, 0) is 36.8 Å². The minimum Gasteiger partial charge on any atom is -0.493 e. The summed E-state index contributed by atoms with van der Waals surface area (Å²) in [5.41, 5.74) is 2.00. The molecular weight excluding hydrogens is 312 g/mol. The lowest BCUT2D eigenvalue weighted by molar-refractivity contribution is -0.110. The Bertz CT molecular complexity index is 655. The molecule has 0 bridgehead atoms. The number of ether oxygens (including phenoxy) is 3. The van der Waals surface area contributed by atoms with E-state index in [0.717, 1.165) is 10.5 Å². The molecular formula is C18H20O4S. The van der Waals surface area contributed by atoms with Crippen LogP contribution in [0.15, 0.2) is 41.3 Å². The second-order valence-electron chi connectivity index (χ2n) is 5.00. The Balaban J connectivity index is 2.15. The zero-order valence-electron chi connectivity index (χ0n) is 13.7. The highest BCUT2D eigenvalue weighted by atomic mass is 32.2. The third kappa shape index (κ3) is 4.42. The van der Waals surface area contributed by atoms with Gasteiger partial charge in [0.1, 0.15) is 0 Å². The third-order valence-corrected chi connectivity index (χ3v) is 4.21. The molecule has 0 radical (unpaired) electrons. The minimum atomic E-state index is 0.0585. The Kier molecular flexibility index (Phi) is 5.93. The highest BCUT2D eigenvalue weighted by Gasteiger charge is 2.15. The van der Waals surface area contributed by atoms with Crippen LogP contribution in [0, 0.1) is 6.92 Å². The molecule has 0 saturated carbocycles. The molecule has 2 rings (SSSR count). The maximum absolute atomic E-state index is 12.3. The van der Waals surface area contributed by atoms with Crippen LogP contribution < -0.4 is 14.2 Å². The van der Waals surface area contributed by atoms with Crippen molar-refractivity contribution < 1.29 is 19.0 Å². The molecule has 0 heterocycles. The SMILES string of the molecule is COc1cc(CC(=O)Sc2ccc(C)cc2)cc(OC)c1OC. The Hall–Kier alpha value is -2.14. The van der Waals surface area contributed by atoms with E-state index in [1.165, 1.54) is 17.3 Å². The molecule has 0 aliphatic heterocycles. The molecule has 0 spiro atoms. The highest BCUT2D eigenvalue weighted by Crippen LogP contribution is 2.38. The monoisotopic (exact) mass is 332 g/mol. The summed E-state index contributed by atoms with van der Waals surface area (Å²) in [6, 6.07) is 11.5. The van der Waals surface area contributed by atoms with Crippen LogP contribution >= 0.6 is 11.8 Å². The summed E-state index contributed by atoms with van der Waals surface area (Å²) >= 11 is 1.23. The van der Waals surface area contributed by atoms with Gasteiger partial charge < -0.3 is 14.2 Å². The summed E-state index contributed by atoms with van der Waals surface area (Å²) in [6.45, 7) is 2.02. The van der Waals surface area contributed by atoms with Crippen molar-refractivity contribution in [2.45, 2.75) is 18.2 Å². The Morgan fingerprint density at radius 1 is 0.957 bits per heavy atom. The summed E-state index contributed by atoms with van der Waals surface area (Å²) in [6.07, 6.45) is 0.287. The lowest BCUT2D eigenvalue weighted by Gasteiger charge is -2.13. The first kappa shape index (κ1) is 17.2. The molecule has 0 aliphatic rings. The summed E-state index contributed by atoms with van der Waals surface area (Å²) in [5, 5.41) is 0.0585. The molecule has 122 valence electrons. The van der Waals surface area contributed by atoms with Gasteiger partial charge in [-0.25, -0.2) is 0 Å². The zero-order chi connectivity index (χ0) is 16.8. The Labute approximate surface area is 140 Å². The number of rotatable bonds is 6. The maximum Gasteiger partial charge on any atom is 0.203 e. The molecule has 2 aromatic rings. The zero-order valence-corrected chi connectivity index (χ0v) is 14.5. The van der Waals surface area contributed by atoms with E-state index in [1.54, 1.807) is 33.5 Å². The van der Waals surface area contributed by atoms with Crippen molar-refractivity contribution >= 4 is 16.9 Å². The van der Waals surface area contributed by atoms with Crippen molar-refractivity contribution in [3.63, 3.8) is 0 Å². The van der Waals surface area contributed by atoms with Gasteiger partial charge in [0.15, 0.2) is 16.6 Å². The first-order chi connectivity index (χ1) is 11.1. The van der Waals surface area contributed by atoms with E-state index in [2.05, 4.69) is 0 Å². The van der Waals surface area contributed by atoms with Gasteiger partial charge in [-0.15, -0.1) is 0 Å². The van der Waals surface area contributed by atoms with E-state index in [4.69, 9.17) is 14.2 Å². The van der Waals surface area contributed by atoms with Crippen molar-refractivity contribution in [1.82, 2.24) is 0 Å². The molecule has 0 atom stereocenters. The number of aryl methyl sites for hydroxylation is 1. The predicted octanol–water partition coefficient (Wildman–Crippen LogP) is 3.88. The fraction of sp³-hybridized carbons (Fsp3) is 0.278. The Morgan fingerprint density at radius 3 is 2.00 bits per heavy atom. The summed E-state index contributed by atoms with van der Waals surface area (Å²) < 4.78 is 15.9. The number of hydrogen-bond donors (Lipinski definition) is 0. The fourth-order valence-electron chi connectivity index (χ4n) is 2.18. The van der Waals surface area contributed by atoms with Gasteiger partial charge in [0, 0.05) is 11.3 Å². The second-order valence-corrected chi connectivity index (χ2v) is 6.13. The van der Waals surface area contributed by atoms with E-state index in [1.807, 2.05) is 31.2 Å². The highest BCUT2D eigenvalue weighted by molar-refractivity contribution is 8.13. The Morgan fingerprint density at radius 2 is 1.52 bits per heavy atom. The smallest absolute Gasteiger partial charge is 0.203 e. The summed E-state index contributed by atoms with van der Waals surface area (Å²) in [5.74, 6) is 1.63. The normalized spacial score (nSPS) is 10.3. The topological polar surface area (TPSA) is 44.8 Å². The van der Waals surface area contributed by atoms with Crippen LogP contribution in [0.5, 0.6) is 17.2 Å². The molecule has 23 heavy (non-hydrogen) atoms. The first-order valence-electron chi connectivity index (χ1n) is 7.13. The van der Waals surface area contributed by atoms with Crippen molar-refractivity contribution in [2.24, 2.45) is 0 Å². The molecule has 0 amide bonds. The van der Waals surface area contributed by atoms with Crippen molar-refractivity contribution in [1.29, 1.82) is 0 Å². The van der Waals surface area contributed by atoms with Crippen LogP contribution in [-0.2, 0) is 11.2 Å². The van der Waals surface area contributed by atoms with E-state index < -0.39 is 0 Å². The molecule has 0 fully saturated rings. The van der Waals surface area contributed by atoms with Crippen LogP contribution in [-0.4, -0.2) is 26.4 Å². The number of thioether (sulfide) groups is 1. The average molecular weight is 332 g/mol. The second kappa shape index (κ2) is 7.92. The van der Waals surface area contributed by atoms with Crippen molar-refractivity contribution in [3.05, 3.63) is 47.5 Å². The third-order valence-electron chi connectivity index (χ3n) is 3.33. The lowest BCUT2D eigenvalue weighted by Crippen LogP contribution is -2.01. The standard InChI is InChI=1S/C18H20O4S/c1-12-5-7-14(8-6-12)23-17(19)11-13-9-15(20-2)18(22-4)16(10-13)21-3/h5-10H,11H2,1-4H3. The fourth-order valence-corrected chi connectivity index (χ4v) is 2.95. The number of carbonyl (C=O) groups is 1. The van der Waals surface area contributed by atoms with E-state index in [-0.39, 0.29) is 11.5 Å². The van der Waals surface area contributed by atoms with Crippen molar-refractivity contribution in [2.75, 3.05) is 21.3 Å². The molecule has 0 N–H and O–H groups in total. The van der Waals surface area contributed by atoms with E-state index in [0.29, 0.717) is 17.2 Å². The largest absolute Gasteiger partial charge is 0.493 e. The molecule has 4 nitrogen and oxygen atoms in total. The van der Waals surface area contributed by atoms with E-state index in [9.17, 15) is 4.79 Å². The average Bonchev–Trinajstić information content (AvgIpc) is 2.55. The van der Waals surface area contributed by atoms with Crippen LogP contribution in [0.3, 0.4) is 0 Å². The molecule has 0 saturated heterocycles. The number of methoxy groups -OCH3 is 3. The number of hydrogen-bond acceptors (Lipinski definition) is 5. The number of benzene rings is 2. The van der Waals surface area contributed by atoms with Crippen molar-refractivity contribution in [3.8, 4) is 17.2 Å². The van der Waals surface area contributed by atoms with Gasteiger partial charge in [0.05, 0.1) is 21.3 Å². The maximum atomic E-state index is 12.3. The molecule has 0 unspecified atom stereocenters. The molecule has 2 aromatic carbocycles. The van der Waals surface area contributed by atoms with E-state index >= 15 is 0 Å². The van der Waals surface area contributed by atoms with Gasteiger partial charge in [-0.2, -0.15) is 0 Å². The van der Waals surface area contributed by atoms with Gasteiger partial charge in [-0.1, -0.05) is 29.5 Å². The molecule has 0 aliphatic carbocycles. The summed E-state index contributed by atoms with van der Waals surface area (Å²) in [4.78, 5) is 13.2. The van der Waals surface area contributed by atoms with Crippen LogP contribution in [0.4, 0.5) is 0 Å². The molecule has 0 aromatic heterocycles. The van der Waals surface area contributed by atoms with Crippen LogP contribution in [0.25, 0.3) is 0 Å². The predicted molar refractivity (Wildman–Crippen MR) is 91.8 cm³/mol. The lowest BCUT2D eigenvalue weighted by atomic mass is 10.1. The number of carbonyl (C=O) groups excluding carboxylic acids is 1. The minimum absolute atomic E-state index is 0.0585. The van der Waals surface area contributed by atoms with Crippen LogP contribution in [0.1, 0.15) is 11.1 Å². The summed E-state index contributed by atoms with van der Waals surface area (Å²) in [7, 11) is 4.67. The molecule has 5 heteroatoms. The van der Waals surface area contributed by atoms with Gasteiger partial charge in [0.25, 0.3) is 0 Å². The van der Waals surface area contributed by atoms with Gasteiger partial charge in [0.2, 0.25) is 5.75 Å². The van der Waals surface area contributed by atoms with Gasteiger partial charge in [-0.3, -0.25) is 4.79 Å². The quantitative estimate of drug-likeness (QED) is 0.751. The van der Waals surface area contributed by atoms with Crippen LogP contribution in [0.2, 0.25) is 0 Å².